The summed E-state index contributed by atoms with van der Waals surface area (Å²) in [5.41, 5.74) is 2.59. The molecule has 3 N–H and O–H groups in total. The van der Waals surface area contributed by atoms with Gasteiger partial charge in [0.15, 0.2) is 0 Å². The van der Waals surface area contributed by atoms with Crippen molar-refractivity contribution in [2.24, 2.45) is 0 Å². The third-order valence-corrected chi connectivity index (χ3v) is 6.34. The van der Waals surface area contributed by atoms with Gasteiger partial charge in [0.1, 0.15) is 28.3 Å². The first kappa shape index (κ1) is 22.3. The number of halogens is 3. The number of anilines is 1. The fourth-order valence-corrected chi connectivity index (χ4v) is 4.66. The van der Waals surface area contributed by atoms with E-state index in [-0.39, 0.29) is 17.6 Å². The molecule has 1 amide bonds. The molecule has 0 bridgehead atoms. The fraction of sp³-hybridized carbons (Fsp3) is 0.240. The molecule has 1 aliphatic rings. The van der Waals surface area contributed by atoms with Gasteiger partial charge in [-0.1, -0.05) is 11.6 Å². The van der Waals surface area contributed by atoms with Crippen molar-refractivity contribution >= 4 is 34.4 Å². The Labute approximate surface area is 199 Å². The zero-order chi connectivity index (χ0) is 23.7. The lowest BCUT2D eigenvalue weighted by atomic mass is 9.91. The molecule has 3 heterocycles. The van der Waals surface area contributed by atoms with Crippen molar-refractivity contribution in [3.8, 4) is 11.1 Å². The summed E-state index contributed by atoms with van der Waals surface area (Å²) in [5, 5.41) is 7.71. The number of amides is 1. The Bertz CT molecular complexity index is 1350. The highest BCUT2D eigenvalue weighted by Gasteiger charge is 2.24. The number of carbonyl (C=O) groups is 1. The lowest BCUT2D eigenvalue weighted by molar-refractivity contribution is 0.0922. The van der Waals surface area contributed by atoms with E-state index in [1.165, 1.54) is 6.07 Å². The van der Waals surface area contributed by atoms with Gasteiger partial charge in [-0.25, -0.2) is 18.7 Å². The summed E-state index contributed by atoms with van der Waals surface area (Å²) in [6, 6.07) is 10.7. The molecule has 1 aliphatic carbocycles. The number of aromatic nitrogens is 3. The van der Waals surface area contributed by atoms with Crippen molar-refractivity contribution in [3.63, 3.8) is 0 Å². The number of nitrogens with zero attached hydrogens (tertiary/aromatic N) is 2. The first-order valence-electron chi connectivity index (χ1n) is 11.1. The SMILES string of the molecule is O=C(N[C@H]1CC[C@H](Nc2cc(-c3c[nH]c4ncccc34)cc(Cl)n2)CC1)c1ccc(F)cc1F. The number of hydrogen-bond donors (Lipinski definition) is 3. The van der Waals surface area contributed by atoms with Gasteiger partial charge in [-0.15, -0.1) is 0 Å². The van der Waals surface area contributed by atoms with Crippen LogP contribution < -0.4 is 10.6 Å². The van der Waals surface area contributed by atoms with Crippen molar-refractivity contribution < 1.29 is 13.6 Å². The van der Waals surface area contributed by atoms with Crippen LogP contribution in [0.25, 0.3) is 22.2 Å². The van der Waals surface area contributed by atoms with Gasteiger partial charge in [-0.05, 0) is 67.6 Å². The third-order valence-electron chi connectivity index (χ3n) is 6.15. The van der Waals surface area contributed by atoms with Crippen LogP contribution in [0.1, 0.15) is 36.0 Å². The van der Waals surface area contributed by atoms with Gasteiger partial charge in [0.25, 0.3) is 5.91 Å². The van der Waals surface area contributed by atoms with E-state index in [1.54, 1.807) is 6.20 Å². The van der Waals surface area contributed by atoms with E-state index in [4.69, 9.17) is 11.6 Å². The van der Waals surface area contributed by atoms with E-state index in [0.29, 0.717) is 11.0 Å². The standard InChI is InChI=1S/C25H22ClF2N5O/c26-22-10-14(20-13-30-24-18(20)2-1-9-29-24)11-23(33-22)31-16-4-6-17(7-5-16)32-25(34)19-8-3-15(27)12-21(19)28/h1-3,8-13,16-17H,4-7H2,(H,29,30)(H,31,33)(H,32,34)/t16-,17-. The van der Waals surface area contributed by atoms with Gasteiger partial charge >= 0.3 is 0 Å². The predicted octanol–water partition coefficient (Wildman–Crippen LogP) is 5.71. The van der Waals surface area contributed by atoms with Gasteiger partial charge in [0.2, 0.25) is 0 Å². The summed E-state index contributed by atoms with van der Waals surface area (Å²) in [6.45, 7) is 0. The molecular weight excluding hydrogens is 460 g/mol. The van der Waals surface area contributed by atoms with Gasteiger partial charge in [0, 0.05) is 41.5 Å². The quantitative estimate of drug-likeness (QED) is 0.319. The number of fused-ring (bicyclic) bond motifs is 1. The summed E-state index contributed by atoms with van der Waals surface area (Å²) < 4.78 is 27.0. The number of nitrogens with one attached hydrogen (secondary N) is 3. The molecule has 9 heteroatoms. The van der Waals surface area contributed by atoms with Crippen molar-refractivity contribution in [1.82, 2.24) is 20.3 Å². The molecule has 3 aromatic heterocycles. The van der Waals surface area contributed by atoms with Crippen LogP contribution in [0, 0.1) is 11.6 Å². The second-order valence-corrected chi connectivity index (χ2v) is 8.84. The summed E-state index contributed by atoms with van der Waals surface area (Å²) in [4.78, 5) is 24.3. The Morgan fingerprint density at radius 1 is 1.06 bits per heavy atom. The molecule has 0 saturated heterocycles. The van der Waals surface area contributed by atoms with Crippen molar-refractivity contribution in [2.45, 2.75) is 37.8 Å². The molecule has 0 atom stereocenters. The molecule has 0 spiro atoms. The summed E-state index contributed by atoms with van der Waals surface area (Å²) >= 11 is 6.32. The van der Waals surface area contributed by atoms with Crippen LogP contribution in [-0.4, -0.2) is 32.9 Å². The highest BCUT2D eigenvalue weighted by molar-refractivity contribution is 6.29. The molecule has 6 nitrogen and oxygen atoms in total. The van der Waals surface area contributed by atoms with Crippen molar-refractivity contribution in [2.75, 3.05) is 5.32 Å². The average molecular weight is 482 g/mol. The smallest absolute Gasteiger partial charge is 0.254 e. The predicted molar refractivity (Wildman–Crippen MR) is 128 cm³/mol. The topological polar surface area (TPSA) is 82.7 Å². The molecule has 0 unspecified atom stereocenters. The zero-order valence-corrected chi connectivity index (χ0v) is 18.9. The largest absolute Gasteiger partial charge is 0.367 e. The normalized spacial score (nSPS) is 18.1. The summed E-state index contributed by atoms with van der Waals surface area (Å²) in [7, 11) is 0. The monoisotopic (exact) mass is 481 g/mol. The molecule has 1 saturated carbocycles. The highest BCUT2D eigenvalue weighted by Crippen LogP contribution is 2.31. The van der Waals surface area contributed by atoms with Crippen LogP contribution in [0.15, 0.2) is 54.9 Å². The number of benzene rings is 1. The lowest BCUT2D eigenvalue weighted by Crippen LogP contribution is -2.40. The Morgan fingerprint density at radius 2 is 1.85 bits per heavy atom. The van der Waals surface area contributed by atoms with Crippen molar-refractivity contribution in [1.29, 1.82) is 0 Å². The van der Waals surface area contributed by atoms with E-state index < -0.39 is 17.5 Å². The minimum atomic E-state index is -0.860. The van der Waals surface area contributed by atoms with Gasteiger partial charge in [-0.3, -0.25) is 4.79 Å². The van der Waals surface area contributed by atoms with E-state index in [1.807, 2.05) is 30.5 Å². The van der Waals surface area contributed by atoms with E-state index in [2.05, 4.69) is 25.6 Å². The maximum atomic E-state index is 13.9. The van der Waals surface area contributed by atoms with Crippen LogP contribution in [0.2, 0.25) is 5.15 Å². The zero-order valence-electron chi connectivity index (χ0n) is 18.1. The van der Waals surface area contributed by atoms with E-state index >= 15 is 0 Å². The van der Waals surface area contributed by atoms with Crippen LogP contribution >= 0.6 is 11.6 Å². The Hall–Kier alpha value is -3.52. The lowest BCUT2D eigenvalue weighted by Gasteiger charge is -2.30. The molecule has 0 radical (unpaired) electrons. The number of hydrogen-bond acceptors (Lipinski definition) is 4. The maximum absolute atomic E-state index is 13.9. The average Bonchev–Trinajstić information content (AvgIpc) is 3.24. The fourth-order valence-electron chi connectivity index (χ4n) is 4.45. The number of aromatic amines is 1. The molecule has 174 valence electrons. The van der Waals surface area contributed by atoms with Crippen molar-refractivity contribution in [3.05, 3.63) is 77.2 Å². The second kappa shape index (κ2) is 9.38. The highest BCUT2D eigenvalue weighted by atomic mass is 35.5. The van der Waals surface area contributed by atoms with Crippen LogP contribution in [0.3, 0.4) is 0 Å². The number of rotatable bonds is 5. The number of carbonyl (C=O) groups excluding carboxylic acids is 1. The van der Waals surface area contributed by atoms with E-state index in [9.17, 15) is 13.6 Å². The molecule has 0 aliphatic heterocycles. The number of H-pyrrole nitrogens is 1. The Balaban J connectivity index is 1.22. The van der Waals surface area contributed by atoms with Gasteiger partial charge < -0.3 is 15.6 Å². The number of pyridine rings is 2. The Morgan fingerprint density at radius 3 is 2.65 bits per heavy atom. The van der Waals surface area contributed by atoms with Crippen LogP contribution in [0.4, 0.5) is 14.6 Å². The third kappa shape index (κ3) is 4.72. The molecular formula is C25H22ClF2N5O. The summed E-state index contributed by atoms with van der Waals surface area (Å²) in [5.74, 6) is -1.41. The summed E-state index contributed by atoms with van der Waals surface area (Å²) in [6.07, 6.45) is 6.71. The van der Waals surface area contributed by atoms with E-state index in [0.717, 1.165) is 60.0 Å². The molecule has 5 rings (SSSR count). The second-order valence-electron chi connectivity index (χ2n) is 8.46. The molecule has 1 aromatic carbocycles. The van der Waals surface area contributed by atoms with Crippen LogP contribution in [0.5, 0.6) is 0 Å². The van der Waals surface area contributed by atoms with Gasteiger partial charge in [0.05, 0.1) is 5.56 Å². The minimum Gasteiger partial charge on any atom is -0.367 e. The molecule has 34 heavy (non-hydrogen) atoms. The maximum Gasteiger partial charge on any atom is 0.254 e. The first-order valence-corrected chi connectivity index (χ1v) is 11.5. The van der Waals surface area contributed by atoms with Gasteiger partial charge in [-0.2, -0.15) is 0 Å². The molecule has 4 aromatic rings. The Kier molecular flexibility index (Phi) is 6.15. The van der Waals surface area contributed by atoms with Crippen LogP contribution in [-0.2, 0) is 0 Å². The minimum absolute atomic E-state index is 0.0726. The molecule has 1 fully saturated rings. The first-order chi connectivity index (χ1) is 16.5.